The lowest BCUT2D eigenvalue weighted by molar-refractivity contribution is -0.0511. The average molecular weight is 459 g/mol. The molecule has 0 bridgehead atoms. The largest absolute Gasteiger partial charge is 0.394 e. The second kappa shape index (κ2) is 8.68. The molecule has 4 rings (SSSR count). The lowest BCUT2D eigenvalue weighted by Crippen LogP contribution is -2.33. The second-order valence-electron chi connectivity index (χ2n) is 6.55. The monoisotopic (exact) mass is 458 g/mol. The van der Waals surface area contributed by atoms with Crippen molar-refractivity contribution in [2.24, 2.45) is 0 Å². The first-order chi connectivity index (χ1) is 14.0. The van der Waals surface area contributed by atoms with Crippen LogP contribution >= 0.6 is 34.7 Å². The van der Waals surface area contributed by atoms with Crippen LogP contribution in [-0.2, 0) is 4.74 Å². The van der Waals surface area contributed by atoms with Gasteiger partial charge in [0.05, 0.1) is 12.9 Å². The summed E-state index contributed by atoms with van der Waals surface area (Å²) < 4.78 is 8.03. The van der Waals surface area contributed by atoms with Crippen molar-refractivity contribution in [2.75, 3.05) is 17.7 Å². The number of rotatable bonds is 7. The lowest BCUT2D eigenvalue weighted by Gasteiger charge is -2.17. The van der Waals surface area contributed by atoms with Crippen LogP contribution in [0.2, 0.25) is 5.28 Å². The maximum Gasteiger partial charge on any atom is 0.226 e. The number of fused-ring (bicyclic) bond motifs is 1. The molecule has 1 fully saturated rings. The Morgan fingerprint density at radius 3 is 2.86 bits per heavy atom. The number of hydrogen-bond acceptors (Lipinski definition) is 11. The number of nitrogens with one attached hydrogen (secondary N) is 1. The second-order valence-corrected chi connectivity index (χ2v) is 9.05. The van der Waals surface area contributed by atoms with E-state index in [9.17, 15) is 15.3 Å². The number of ether oxygens (including phenoxy) is 1. The number of thioether (sulfide) groups is 1. The average Bonchev–Trinajstić information content (AvgIpc) is 3.41. The van der Waals surface area contributed by atoms with Gasteiger partial charge in [-0.2, -0.15) is 9.97 Å². The van der Waals surface area contributed by atoms with E-state index in [0.717, 1.165) is 10.1 Å². The molecular formula is C16H19ClN6O4S2. The highest BCUT2D eigenvalue weighted by Crippen LogP contribution is 2.33. The van der Waals surface area contributed by atoms with Crippen LogP contribution in [-0.4, -0.2) is 76.5 Å². The highest BCUT2D eigenvalue weighted by atomic mass is 35.5. The molecule has 0 radical (unpaired) electrons. The van der Waals surface area contributed by atoms with Crippen molar-refractivity contribution in [1.82, 2.24) is 24.5 Å². The molecule has 0 saturated carbocycles. The standard InChI is InChI=1S/C16H19ClN6O4S2/c1-7(5-29-16-18-2-3-28-16)20-12-9-13(22-15(17)21-12)23(6-19-9)14-11(26)10(25)8(4-24)27-14/h2-3,6-8,10-11,14,24-26H,4-5H2,1H3,(H,20,21,22)/t7-,8-,10-,11-,14-/m1/s1. The molecule has 3 aromatic rings. The topological polar surface area (TPSA) is 138 Å². The summed E-state index contributed by atoms with van der Waals surface area (Å²) in [5, 5.41) is 34.8. The van der Waals surface area contributed by atoms with Gasteiger partial charge in [-0.05, 0) is 18.5 Å². The highest BCUT2D eigenvalue weighted by Gasteiger charge is 2.44. The number of imidazole rings is 1. The first-order valence-corrected chi connectivity index (χ1v) is 11.0. The molecule has 1 aliphatic rings. The van der Waals surface area contributed by atoms with Crippen LogP contribution in [0.4, 0.5) is 5.82 Å². The Labute approximate surface area is 178 Å². The van der Waals surface area contributed by atoms with E-state index in [1.807, 2.05) is 12.3 Å². The summed E-state index contributed by atoms with van der Waals surface area (Å²) in [5.74, 6) is 1.21. The summed E-state index contributed by atoms with van der Waals surface area (Å²) in [6.07, 6.45) is -1.11. The van der Waals surface area contributed by atoms with Gasteiger partial charge in [0.1, 0.15) is 22.7 Å². The number of aromatic nitrogens is 5. The number of aliphatic hydroxyl groups is 3. The Morgan fingerprint density at radius 1 is 1.34 bits per heavy atom. The molecule has 0 amide bonds. The van der Waals surface area contributed by atoms with Crippen LogP contribution in [0.15, 0.2) is 22.2 Å². The molecular weight excluding hydrogens is 440 g/mol. The third-order valence-electron chi connectivity index (χ3n) is 4.44. The molecule has 156 valence electrons. The minimum absolute atomic E-state index is 0.00766. The van der Waals surface area contributed by atoms with E-state index in [2.05, 4.69) is 25.3 Å². The lowest BCUT2D eigenvalue weighted by atomic mass is 10.1. The maximum absolute atomic E-state index is 10.3. The van der Waals surface area contributed by atoms with Crippen molar-refractivity contribution in [3.05, 3.63) is 23.2 Å². The molecule has 1 saturated heterocycles. The van der Waals surface area contributed by atoms with Gasteiger partial charge in [-0.1, -0.05) is 11.8 Å². The molecule has 5 atom stereocenters. The van der Waals surface area contributed by atoms with Gasteiger partial charge in [0, 0.05) is 23.4 Å². The van der Waals surface area contributed by atoms with E-state index < -0.39 is 31.1 Å². The molecule has 0 aromatic carbocycles. The predicted octanol–water partition coefficient (Wildman–Crippen LogP) is 1.14. The Morgan fingerprint density at radius 2 is 2.17 bits per heavy atom. The van der Waals surface area contributed by atoms with Crippen LogP contribution < -0.4 is 5.32 Å². The van der Waals surface area contributed by atoms with E-state index in [4.69, 9.17) is 16.3 Å². The Bertz CT molecular complexity index is 974. The van der Waals surface area contributed by atoms with Gasteiger partial charge >= 0.3 is 0 Å². The number of hydrogen-bond donors (Lipinski definition) is 4. The minimum Gasteiger partial charge on any atom is -0.394 e. The molecule has 29 heavy (non-hydrogen) atoms. The number of thiazole rings is 1. The summed E-state index contributed by atoms with van der Waals surface area (Å²) >= 11 is 9.33. The predicted molar refractivity (Wildman–Crippen MR) is 109 cm³/mol. The molecule has 13 heteroatoms. The van der Waals surface area contributed by atoms with Crippen molar-refractivity contribution in [1.29, 1.82) is 0 Å². The fourth-order valence-corrected chi connectivity index (χ4v) is 4.82. The third kappa shape index (κ3) is 4.19. The summed E-state index contributed by atoms with van der Waals surface area (Å²) in [6.45, 7) is 1.59. The highest BCUT2D eigenvalue weighted by molar-refractivity contribution is 8.01. The van der Waals surface area contributed by atoms with Crippen molar-refractivity contribution in [3.8, 4) is 0 Å². The van der Waals surface area contributed by atoms with Crippen molar-refractivity contribution >= 4 is 51.7 Å². The Balaban J connectivity index is 1.57. The number of anilines is 1. The van der Waals surface area contributed by atoms with E-state index in [1.54, 1.807) is 29.3 Å². The van der Waals surface area contributed by atoms with E-state index >= 15 is 0 Å². The van der Waals surface area contributed by atoms with Gasteiger partial charge < -0.3 is 25.4 Å². The van der Waals surface area contributed by atoms with E-state index in [1.165, 1.54) is 10.9 Å². The van der Waals surface area contributed by atoms with E-state index in [0.29, 0.717) is 17.0 Å². The molecule has 3 aromatic heterocycles. The Kier molecular flexibility index (Phi) is 6.20. The van der Waals surface area contributed by atoms with Crippen molar-refractivity contribution in [3.63, 3.8) is 0 Å². The van der Waals surface area contributed by atoms with Gasteiger partial charge in [0.15, 0.2) is 23.2 Å². The van der Waals surface area contributed by atoms with Crippen LogP contribution in [0.5, 0.6) is 0 Å². The zero-order valence-electron chi connectivity index (χ0n) is 15.2. The Hall–Kier alpha value is -1.54. The van der Waals surface area contributed by atoms with Gasteiger partial charge in [0.25, 0.3) is 0 Å². The summed E-state index contributed by atoms with van der Waals surface area (Å²) in [4.78, 5) is 17.0. The van der Waals surface area contributed by atoms with Crippen LogP contribution in [0, 0.1) is 0 Å². The zero-order chi connectivity index (χ0) is 20.5. The van der Waals surface area contributed by atoms with Crippen molar-refractivity contribution in [2.45, 2.75) is 41.8 Å². The normalized spacial score (nSPS) is 25.6. The molecule has 4 heterocycles. The fourth-order valence-electron chi connectivity index (χ4n) is 3.04. The third-order valence-corrected chi connectivity index (χ3v) is 6.83. The molecule has 10 nitrogen and oxygen atoms in total. The van der Waals surface area contributed by atoms with Gasteiger partial charge in [-0.15, -0.1) is 11.3 Å². The molecule has 4 N–H and O–H groups in total. The zero-order valence-corrected chi connectivity index (χ0v) is 17.6. The quantitative estimate of drug-likeness (QED) is 0.301. The number of aliphatic hydroxyl groups excluding tert-OH is 3. The maximum atomic E-state index is 10.3. The van der Waals surface area contributed by atoms with Crippen molar-refractivity contribution < 1.29 is 20.1 Å². The first-order valence-electron chi connectivity index (χ1n) is 8.79. The fraction of sp³-hybridized carbons (Fsp3) is 0.500. The number of nitrogens with zero attached hydrogens (tertiary/aromatic N) is 5. The molecule has 1 aliphatic heterocycles. The van der Waals surface area contributed by atoms with Crippen LogP contribution in [0.25, 0.3) is 11.2 Å². The SMILES string of the molecule is C[C@H](CSc1nccs1)Nc1nc(Cl)nc2c1ncn2[C@@H]1O[C@H](CO)[C@@H](O)[C@H]1O. The summed E-state index contributed by atoms with van der Waals surface area (Å²) in [6, 6.07) is 0.0390. The summed E-state index contributed by atoms with van der Waals surface area (Å²) in [5.41, 5.74) is 0.806. The van der Waals surface area contributed by atoms with Gasteiger partial charge in [-0.3, -0.25) is 4.57 Å². The van der Waals surface area contributed by atoms with Gasteiger partial charge in [-0.25, -0.2) is 9.97 Å². The van der Waals surface area contributed by atoms with Crippen LogP contribution in [0.1, 0.15) is 13.2 Å². The van der Waals surface area contributed by atoms with Gasteiger partial charge in [0.2, 0.25) is 5.28 Å². The number of halogens is 1. The first kappa shape index (κ1) is 20.7. The summed E-state index contributed by atoms with van der Waals surface area (Å²) in [7, 11) is 0. The smallest absolute Gasteiger partial charge is 0.226 e. The minimum atomic E-state index is -1.25. The van der Waals surface area contributed by atoms with E-state index in [-0.39, 0.29) is 11.3 Å². The molecule has 0 unspecified atom stereocenters. The molecule has 0 aliphatic carbocycles. The molecule has 0 spiro atoms. The van der Waals surface area contributed by atoms with Crippen LogP contribution in [0.3, 0.4) is 0 Å².